The number of nitrogens with two attached hydrogens (primary N) is 1. The molecule has 2 N–H and O–H groups in total. The fraction of sp³-hybridized carbons (Fsp3) is 0.429. The molecule has 1 aliphatic carbocycles. The summed E-state index contributed by atoms with van der Waals surface area (Å²) in [5, 5.41) is 0. The van der Waals surface area contributed by atoms with Crippen LogP contribution in [0.4, 0.5) is 0 Å². The lowest BCUT2D eigenvalue weighted by Gasteiger charge is -2.16. The fourth-order valence-electron chi connectivity index (χ4n) is 2.57. The van der Waals surface area contributed by atoms with Crippen LogP contribution in [0.25, 0.3) is 0 Å². The smallest absolute Gasteiger partial charge is 0.233 e. The van der Waals surface area contributed by atoms with Gasteiger partial charge in [0.1, 0.15) is 0 Å². The van der Waals surface area contributed by atoms with Gasteiger partial charge in [-0.15, -0.1) is 0 Å². The van der Waals surface area contributed by atoms with E-state index >= 15 is 0 Å². The van der Waals surface area contributed by atoms with Crippen LogP contribution >= 0.6 is 0 Å². The number of carbonyl (C=O) groups is 2. The number of nitrogens with zero attached hydrogens (tertiary/aromatic N) is 1. The lowest BCUT2D eigenvalue weighted by molar-refractivity contribution is -0.142. The van der Waals surface area contributed by atoms with Crippen molar-refractivity contribution >= 4 is 11.8 Å². The summed E-state index contributed by atoms with van der Waals surface area (Å²) in [5.74, 6) is 0.00935. The largest absolute Gasteiger partial charge is 0.330 e. The molecule has 0 radical (unpaired) electrons. The van der Waals surface area contributed by atoms with Gasteiger partial charge in [0.25, 0.3) is 0 Å². The molecule has 2 fully saturated rings. The highest BCUT2D eigenvalue weighted by atomic mass is 16.2. The first kappa shape index (κ1) is 11.4. The zero-order valence-electron chi connectivity index (χ0n) is 10.1. The van der Waals surface area contributed by atoms with Gasteiger partial charge in [-0.05, 0) is 30.5 Å². The van der Waals surface area contributed by atoms with Crippen LogP contribution in [-0.2, 0) is 22.6 Å². The Morgan fingerprint density at radius 3 is 2.17 bits per heavy atom. The molecule has 18 heavy (non-hydrogen) atoms. The molecule has 1 aliphatic heterocycles. The van der Waals surface area contributed by atoms with E-state index in [2.05, 4.69) is 0 Å². The SMILES string of the molecule is NCCc1ccc(CN2C(=O)C3CC3C2=O)cc1. The van der Waals surface area contributed by atoms with E-state index in [4.69, 9.17) is 5.73 Å². The highest BCUT2D eigenvalue weighted by molar-refractivity contribution is 6.08. The first-order valence-electron chi connectivity index (χ1n) is 6.34. The maximum atomic E-state index is 11.8. The van der Waals surface area contributed by atoms with Gasteiger partial charge in [-0.25, -0.2) is 0 Å². The standard InChI is InChI=1S/C14H16N2O2/c15-6-5-9-1-3-10(4-2-9)8-16-13(17)11-7-12(11)14(16)18/h1-4,11-12H,5-8,15H2. The van der Waals surface area contributed by atoms with Crippen molar-refractivity contribution in [3.63, 3.8) is 0 Å². The second kappa shape index (κ2) is 4.21. The molecule has 2 aliphatic rings. The molecule has 4 heteroatoms. The van der Waals surface area contributed by atoms with Crippen molar-refractivity contribution in [2.24, 2.45) is 17.6 Å². The number of likely N-dealkylation sites (tertiary alicyclic amines) is 1. The Hall–Kier alpha value is -1.68. The molecule has 1 aromatic carbocycles. The Bertz CT molecular complexity index is 475. The van der Waals surface area contributed by atoms with Crippen molar-refractivity contribution in [1.29, 1.82) is 0 Å². The summed E-state index contributed by atoms with van der Waals surface area (Å²) in [5.41, 5.74) is 7.67. The fourth-order valence-corrected chi connectivity index (χ4v) is 2.57. The summed E-state index contributed by atoms with van der Waals surface area (Å²) in [7, 11) is 0. The van der Waals surface area contributed by atoms with Crippen molar-refractivity contribution < 1.29 is 9.59 Å². The van der Waals surface area contributed by atoms with Crippen LogP contribution in [0.3, 0.4) is 0 Å². The maximum Gasteiger partial charge on any atom is 0.233 e. The lowest BCUT2D eigenvalue weighted by Crippen LogP contribution is -2.32. The summed E-state index contributed by atoms with van der Waals surface area (Å²) in [6.07, 6.45) is 1.62. The molecule has 1 saturated carbocycles. The van der Waals surface area contributed by atoms with Crippen LogP contribution in [0.15, 0.2) is 24.3 Å². The zero-order valence-corrected chi connectivity index (χ0v) is 10.1. The minimum atomic E-state index is -0.00554. The number of piperidine rings is 1. The second-order valence-electron chi connectivity index (χ2n) is 5.07. The molecule has 0 aromatic heterocycles. The summed E-state index contributed by atoms with van der Waals surface area (Å²) >= 11 is 0. The molecule has 1 saturated heterocycles. The van der Waals surface area contributed by atoms with Gasteiger partial charge >= 0.3 is 0 Å². The zero-order chi connectivity index (χ0) is 12.7. The van der Waals surface area contributed by atoms with Gasteiger partial charge in [0.05, 0.1) is 18.4 Å². The molecule has 0 spiro atoms. The normalized spacial score (nSPS) is 25.5. The maximum absolute atomic E-state index is 11.8. The summed E-state index contributed by atoms with van der Waals surface area (Å²) in [4.78, 5) is 25.0. The molecule has 3 rings (SSSR count). The highest BCUT2D eigenvalue weighted by Crippen LogP contribution is 2.47. The minimum Gasteiger partial charge on any atom is -0.330 e. The number of benzene rings is 1. The van der Waals surface area contributed by atoms with Gasteiger partial charge in [0.2, 0.25) is 11.8 Å². The predicted molar refractivity (Wildman–Crippen MR) is 66.4 cm³/mol. The number of rotatable bonds is 4. The molecular weight excluding hydrogens is 228 g/mol. The molecule has 2 amide bonds. The third kappa shape index (κ3) is 1.82. The van der Waals surface area contributed by atoms with E-state index in [1.165, 1.54) is 10.5 Å². The number of imide groups is 1. The van der Waals surface area contributed by atoms with Crippen LogP contribution in [0.1, 0.15) is 17.5 Å². The van der Waals surface area contributed by atoms with Gasteiger partial charge in [0, 0.05) is 0 Å². The third-order valence-electron chi connectivity index (χ3n) is 3.75. The van der Waals surface area contributed by atoms with E-state index in [0.717, 1.165) is 18.4 Å². The van der Waals surface area contributed by atoms with Crippen molar-refractivity contribution in [3.05, 3.63) is 35.4 Å². The first-order chi connectivity index (χ1) is 8.70. The number of fused-ring (bicyclic) bond motifs is 1. The monoisotopic (exact) mass is 244 g/mol. The van der Waals surface area contributed by atoms with Gasteiger partial charge in [0.15, 0.2) is 0 Å². The van der Waals surface area contributed by atoms with Crippen LogP contribution in [0.2, 0.25) is 0 Å². The Morgan fingerprint density at radius 2 is 1.61 bits per heavy atom. The van der Waals surface area contributed by atoms with Crippen molar-refractivity contribution in [3.8, 4) is 0 Å². The van der Waals surface area contributed by atoms with E-state index in [0.29, 0.717) is 13.1 Å². The molecule has 2 unspecified atom stereocenters. The van der Waals surface area contributed by atoms with Crippen molar-refractivity contribution in [1.82, 2.24) is 4.90 Å². The van der Waals surface area contributed by atoms with Gasteiger partial charge in [-0.2, -0.15) is 0 Å². The summed E-state index contributed by atoms with van der Waals surface area (Å²) in [6.45, 7) is 1.04. The molecule has 0 bridgehead atoms. The molecule has 1 aromatic rings. The van der Waals surface area contributed by atoms with E-state index in [9.17, 15) is 9.59 Å². The Kier molecular flexibility index (Phi) is 2.67. The third-order valence-corrected chi connectivity index (χ3v) is 3.75. The van der Waals surface area contributed by atoms with Crippen molar-refractivity contribution in [2.45, 2.75) is 19.4 Å². The Balaban J connectivity index is 1.69. The molecular formula is C14H16N2O2. The van der Waals surface area contributed by atoms with E-state index < -0.39 is 0 Å². The van der Waals surface area contributed by atoms with Crippen LogP contribution in [0.5, 0.6) is 0 Å². The first-order valence-corrected chi connectivity index (χ1v) is 6.34. The molecule has 2 atom stereocenters. The van der Waals surface area contributed by atoms with Crippen LogP contribution in [-0.4, -0.2) is 23.3 Å². The van der Waals surface area contributed by atoms with Crippen LogP contribution < -0.4 is 5.73 Å². The van der Waals surface area contributed by atoms with Gasteiger partial charge in [-0.1, -0.05) is 24.3 Å². The van der Waals surface area contributed by atoms with Gasteiger partial charge < -0.3 is 5.73 Å². The number of hydrogen-bond acceptors (Lipinski definition) is 3. The molecule has 1 heterocycles. The Labute approximate surface area is 106 Å². The Morgan fingerprint density at radius 1 is 1.06 bits per heavy atom. The van der Waals surface area contributed by atoms with E-state index in [1.807, 2.05) is 24.3 Å². The van der Waals surface area contributed by atoms with E-state index in [-0.39, 0.29) is 23.7 Å². The van der Waals surface area contributed by atoms with Crippen LogP contribution in [0, 0.1) is 11.8 Å². The van der Waals surface area contributed by atoms with E-state index in [1.54, 1.807) is 0 Å². The number of carbonyl (C=O) groups excluding carboxylic acids is 2. The molecule has 94 valence electrons. The summed E-state index contributed by atoms with van der Waals surface area (Å²) < 4.78 is 0. The lowest BCUT2D eigenvalue weighted by atomic mass is 10.1. The highest BCUT2D eigenvalue weighted by Gasteiger charge is 2.58. The van der Waals surface area contributed by atoms with Crippen molar-refractivity contribution in [2.75, 3.05) is 6.54 Å². The van der Waals surface area contributed by atoms with Gasteiger partial charge in [-0.3, -0.25) is 14.5 Å². The topological polar surface area (TPSA) is 63.4 Å². The average Bonchev–Trinajstić information content (AvgIpc) is 3.12. The molecule has 4 nitrogen and oxygen atoms in total. The predicted octanol–water partition coefficient (Wildman–Crippen LogP) is 0.693. The average molecular weight is 244 g/mol. The minimum absolute atomic E-state index is 0.00554. The quantitative estimate of drug-likeness (QED) is 0.793. The summed E-state index contributed by atoms with van der Waals surface area (Å²) in [6, 6.07) is 7.95. The second-order valence-corrected chi connectivity index (χ2v) is 5.07. The number of hydrogen-bond donors (Lipinski definition) is 1. The number of amides is 2.